The highest BCUT2D eigenvalue weighted by Crippen LogP contribution is 2.48. The number of hydrogen-bond acceptors (Lipinski definition) is 1. The van der Waals surface area contributed by atoms with Gasteiger partial charge in [-0.15, -0.1) is 0 Å². The fraction of sp³-hybridized carbons (Fsp3) is 0.455. The third-order valence-electron chi connectivity index (χ3n) is 2.99. The molecule has 1 aliphatic rings. The second-order valence-electron chi connectivity index (χ2n) is 4.64. The molecule has 0 amide bonds. The van der Waals surface area contributed by atoms with Gasteiger partial charge in [0.2, 0.25) is 0 Å². The summed E-state index contributed by atoms with van der Waals surface area (Å²) in [6, 6.07) is 0.554. The van der Waals surface area contributed by atoms with E-state index in [1.165, 1.54) is 0 Å². The van der Waals surface area contributed by atoms with Gasteiger partial charge in [0, 0.05) is 16.6 Å². The molecule has 1 atom stereocenters. The first-order valence-corrected chi connectivity index (χ1v) is 5.16. The van der Waals surface area contributed by atoms with E-state index in [-0.39, 0.29) is 16.0 Å². The maximum Gasteiger partial charge on any atom is 0.163 e. The molecule has 0 saturated heterocycles. The third-order valence-corrected chi connectivity index (χ3v) is 3.28. The molecule has 0 fully saturated rings. The van der Waals surface area contributed by atoms with Gasteiger partial charge in [-0.2, -0.15) is 0 Å². The Morgan fingerprint density at radius 2 is 2.07 bits per heavy atom. The SMILES string of the molecule is CC1(C)CC(N)c2c(F)c(F)cc(Cl)c21. The molecular weight excluding hydrogens is 220 g/mol. The van der Waals surface area contributed by atoms with Gasteiger partial charge in [0.15, 0.2) is 11.6 Å². The van der Waals surface area contributed by atoms with Crippen LogP contribution in [0.2, 0.25) is 5.02 Å². The van der Waals surface area contributed by atoms with Crippen LogP contribution in [0, 0.1) is 11.6 Å². The fourth-order valence-corrected chi connectivity index (χ4v) is 2.86. The van der Waals surface area contributed by atoms with Crippen LogP contribution in [0.15, 0.2) is 6.07 Å². The summed E-state index contributed by atoms with van der Waals surface area (Å²) in [6.07, 6.45) is 0.586. The monoisotopic (exact) mass is 231 g/mol. The average Bonchev–Trinajstić information content (AvgIpc) is 2.32. The van der Waals surface area contributed by atoms with E-state index in [4.69, 9.17) is 17.3 Å². The predicted molar refractivity (Wildman–Crippen MR) is 55.9 cm³/mol. The summed E-state index contributed by atoms with van der Waals surface area (Å²) < 4.78 is 26.7. The summed E-state index contributed by atoms with van der Waals surface area (Å²) in [5, 5.41) is 0.266. The maximum atomic E-state index is 13.6. The number of benzene rings is 1. The van der Waals surface area contributed by atoms with Crippen LogP contribution in [0.3, 0.4) is 0 Å². The quantitative estimate of drug-likeness (QED) is 0.682. The minimum atomic E-state index is -0.924. The van der Waals surface area contributed by atoms with Gasteiger partial charge in [0.05, 0.1) is 0 Å². The van der Waals surface area contributed by atoms with Crippen LogP contribution in [0.1, 0.15) is 37.4 Å². The molecule has 15 heavy (non-hydrogen) atoms. The summed E-state index contributed by atoms with van der Waals surface area (Å²) in [5.41, 5.74) is 6.39. The Morgan fingerprint density at radius 1 is 1.47 bits per heavy atom. The van der Waals surface area contributed by atoms with Crippen LogP contribution in [0.4, 0.5) is 8.78 Å². The minimum absolute atomic E-state index is 0.241. The van der Waals surface area contributed by atoms with Gasteiger partial charge in [-0.3, -0.25) is 0 Å². The van der Waals surface area contributed by atoms with Gasteiger partial charge in [0.25, 0.3) is 0 Å². The molecule has 2 N–H and O–H groups in total. The molecule has 0 radical (unpaired) electrons. The summed E-state index contributed by atoms with van der Waals surface area (Å²) in [6.45, 7) is 3.86. The molecule has 1 nitrogen and oxygen atoms in total. The Balaban J connectivity index is 2.78. The first-order valence-electron chi connectivity index (χ1n) is 4.78. The smallest absolute Gasteiger partial charge is 0.163 e. The van der Waals surface area contributed by atoms with E-state index >= 15 is 0 Å². The van der Waals surface area contributed by atoms with E-state index in [1.54, 1.807) is 0 Å². The second kappa shape index (κ2) is 3.16. The fourth-order valence-electron chi connectivity index (χ4n) is 2.40. The van der Waals surface area contributed by atoms with Crippen molar-refractivity contribution < 1.29 is 8.78 Å². The van der Waals surface area contributed by atoms with Crippen molar-refractivity contribution in [1.29, 1.82) is 0 Å². The lowest BCUT2D eigenvalue weighted by Gasteiger charge is -2.20. The molecule has 82 valence electrons. The molecular formula is C11H12ClF2N. The highest BCUT2D eigenvalue weighted by atomic mass is 35.5. The van der Waals surface area contributed by atoms with E-state index in [1.807, 2.05) is 13.8 Å². The molecule has 0 aromatic heterocycles. The highest BCUT2D eigenvalue weighted by Gasteiger charge is 2.40. The zero-order valence-corrected chi connectivity index (χ0v) is 9.33. The Morgan fingerprint density at radius 3 is 2.67 bits per heavy atom. The van der Waals surface area contributed by atoms with Gasteiger partial charge in [-0.1, -0.05) is 25.4 Å². The zero-order valence-electron chi connectivity index (χ0n) is 8.57. The first kappa shape index (κ1) is 10.8. The number of fused-ring (bicyclic) bond motifs is 1. The maximum absolute atomic E-state index is 13.6. The molecule has 0 heterocycles. The summed E-state index contributed by atoms with van der Waals surface area (Å²) in [4.78, 5) is 0. The molecule has 0 aliphatic heterocycles. The average molecular weight is 232 g/mol. The normalized spacial score (nSPS) is 22.9. The first-order chi connectivity index (χ1) is 6.84. The van der Waals surface area contributed by atoms with E-state index in [2.05, 4.69) is 0 Å². The Labute approximate surface area is 92.2 Å². The van der Waals surface area contributed by atoms with Crippen LogP contribution in [-0.2, 0) is 5.41 Å². The zero-order chi connectivity index (χ0) is 11.4. The lowest BCUT2D eigenvalue weighted by molar-refractivity contribution is 0.473. The Hall–Kier alpha value is -0.670. The van der Waals surface area contributed by atoms with Crippen LogP contribution in [0.5, 0.6) is 0 Å². The largest absolute Gasteiger partial charge is 0.324 e. The molecule has 2 rings (SSSR count). The highest BCUT2D eigenvalue weighted by molar-refractivity contribution is 6.31. The molecule has 1 aliphatic carbocycles. The summed E-state index contributed by atoms with van der Waals surface area (Å²) >= 11 is 5.93. The second-order valence-corrected chi connectivity index (χ2v) is 5.04. The Kier molecular flexibility index (Phi) is 2.28. The molecule has 4 heteroatoms. The van der Waals surface area contributed by atoms with Gasteiger partial charge in [0.1, 0.15) is 0 Å². The van der Waals surface area contributed by atoms with Gasteiger partial charge in [-0.25, -0.2) is 8.78 Å². The van der Waals surface area contributed by atoms with Crippen molar-refractivity contribution in [2.24, 2.45) is 5.73 Å². The van der Waals surface area contributed by atoms with E-state index in [0.29, 0.717) is 12.0 Å². The van der Waals surface area contributed by atoms with Gasteiger partial charge >= 0.3 is 0 Å². The van der Waals surface area contributed by atoms with Crippen molar-refractivity contribution in [3.8, 4) is 0 Å². The van der Waals surface area contributed by atoms with Crippen molar-refractivity contribution in [2.75, 3.05) is 0 Å². The van der Waals surface area contributed by atoms with Crippen LogP contribution in [-0.4, -0.2) is 0 Å². The molecule has 1 aromatic carbocycles. The van der Waals surface area contributed by atoms with Crippen LogP contribution < -0.4 is 5.73 Å². The predicted octanol–water partition coefficient (Wildman–Crippen LogP) is 3.30. The standard InChI is InChI=1S/C11H12ClF2N/c1-11(2)4-7(15)8-9(11)5(12)3-6(13)10(8)14/h3,7H,4,15H2,1-2H3. The molecule has 0 bridgehead atoms. The number of halogens is 3. The molecule has 1 unspecified atom stereocenters. The van der Waals surface area contributed by atoms with Crippen LogP contribution >= 0.6 is 11.6 Å². The van der Waals surface area contributed by atoms with Gasteiger partial charge < -0.3 is 5.73 Å². The molecule has 0 spiro atoms. The van der Waals surface area contributed by atoms with E-state index in [9.17, 15) is 8.78 Å². The number of nitrogens with two attached hydrogens (primary N) is 1. The van der Waals surface area contributed by atoms with Crippen molar-refractivity contribution in [1.82, 2.24) is 0 Å². The van der Waals surface area contributed by atoms with Crippen molar-refractivity contribution in [3.05, 3.63) is 33.9 Å². The van der Waals surface area contributed by atoms with Crippen molar-refractivity contribution in [3.63, 3.8) is 0 Å². The van der Waals surface area contributed by atoms with Crippen molar-refractivity contribution in [2.45, 2.75) is 31.7 Å². The van der Waals surface area contributed by atoms with Crippen LogP contribution in [0.25, 0.3) is 0 Å². The number of rotatable bonds is 0. The third kappa shape index (κ3) is 1.45. The summed E-state index contributed by atoms with van der Waals surface area (Å²) in [7, 11) is 0. The number of hydrogen-bond donors (Lipinski definition) is 1. The topological polar surface area (TPSA) is 26.0 Å². The lowest BCUT2D eigenvalue weighted by Crippen LogP contribution is -2.14. The Bertz CT molecular complexity index is 429. The molecule has 0 saturated carbocycles. The lowest BCUT2D eigenvalue weighted by atomic mass is 9.86. The van der Waals surface area contributed by atoms with Crippen molar-refractivity contribution >= 4 is 11.6 Å². The van der Waals surface area contributed by atoms with E-state index < -0.39 is 17.7 Å². The van der Waals surface area contributed by atoms with E-state index in [0.717, 1.165) is 6.07 Å². The molecule has 1 aromatic rings. The summed E-state index contributed by atoms with van der Waals surface area (Å²) in [5.74, 6) is -1.78. The minimum Gasteiger partial charge on any atom is -0.324 e. The van der Waals surface area contributed by atoms with Gasteiger partial charge in [-0.05, 0) is 23.5 Å².